The number of nitriles is 1. The van der Waals surface area contributed by atoms with E-state index in [1.807, 2.05) is 19.9 Å². The summed E-state index contributed by atoms with van der Waals surface area (Å²) in [5.74, 6) is 0.0118. The zero-order valence-electron chi connectivity index (χ0n) is 9.27. The van der Waals surface area contributed by atoms with E-state index in [0.29, 0.717) is 5.69 Å². The van der Waals surface area contributed by atoms with Crippen molar-refractivity contribution in [2.75, 3.05) is 7.05 Å². The molecule has 0 aromatic carbocycles. The molecule has 0 radical (unpaired) electrons. The molecule has 0 aliphatic rings. The fourth-order valence-electron chi connectivity index (χ4n) is 1.20. The van der Waals surface area contributed by atoms with Gasteiger partial charge < -0.3 is 9.47 Å². The van der Waals surface area contributed by atoms with Gasteiger partial charge in [0.05, 0.1) is 0 Å². The Morgan fingerprint density at radius 1 is 1.67 bits per heavy atom. The van der Waals surface area contributed by atoms with Crippen LogP contribution in [0.15, 0.2) is 18.3 Å². The largest absolute Gasteiger partial charge is 0.342 e. The minimum atomic E-state index is 0.0118. The standard InChI is InChI=1S/C11H15N3O/c1-9(2)13(3)11(15)8-14-6-4-5-10(14)7-12/h4-6,9H,8H2,1-3H3. The summed E-state index contributed by atoms with van der Waals surface area (Å²) in [5.41, 5.74) is 0.514. The van der Waals surface area contributed by atoms with E-state index in [1.54, 1.807) is 34.8 Å². The van der Waals surface area contributed by atoms with E-state index in [2.05, 4.69) is 0 Å². The summed E-state index contributed by atoms with van der Waals surface area (Å²) in [6.07, 6.45) is 1.74. The molecule has 4 nitrogen and oxygen atoms in total. The van der Waals surface area contributed by atoms with E-state index in [4.69, 9.17) is 5.26 Å². The second-order valence-corrected chi connectivity index (χ2v) is 3.73. The van der Waals surface area contributed by atoms with Crippen LogP contribution in [0.4, 0.5) is 0 Å². The Morgan fingerprint density at radius 3 is 2.87 bits per heavy atom. The molecule has 1 aromatic rings. The summed E-state index contributed by atoms with van der Waals surface area (Å²) in [5, 5.41) is 8.77. The Kier molecular flexibility index (Phi) is 3.51. The quantitative estimate of drug-likeness (QED) is 0.745. The van der Waals surface area contributed by atoms with Gasteiger partial charge in [-0.15, -0.1) is 0 Å². The molecule has 1 aromatic heterocycles. The van der Waals surface area contributed by atoms with E-state index < -0.39 is 0 Å². The number of nitrogens with zero attached hydrogens (tertiary/aromatic N) is 3. The number of aromatic nitrogens is 1. The fourth-order valence-corrected chi connectivity index (χ4v) is 1.20. The first-order chi connectivity index (χ1) is 7.06. The molecule has 1 heterocycles. The summed E-state index contributed by atoms with van der Waals surface area (Å²) in [6, 6.07) is 5.68. The van der Waals surface area contributed by atoms with Crippen molar-refractivity contribution in [3.63, 3.8) is 0 Å². The highest BCUT2D eigenvalue weighted by atomic mass is 16.2. The van der Waals surface area contributed by atoms with Crippen molar-refractivity contribution in [1.29, 1.82) is 5.26 Å². The van der Waals surface area contributed by atoms with Crippen LogP contribution in [0, 0.1) is 11.3 Å². The Bertz CT molecular complexity index is 387. The topological polar surface area (TPSA) is 49.0 Å². The van der Waals surface area contributed by atoms with E-state index in [9.17, 15) is 4.79 Å². The summed E-state index contributed by atoms with van der Waals surface area (Å²) >= 11 is 0. The lowest BCUT2D eigenvalue weighted by atomic mass is 10.3. The van der Waals surface area contributed by atoms with Crippen LogP contribution >= 0.6 is 0 Å². The minimum Gasteiger partial charge on any atom is -0.342 e. The molecule has 0 saturated carbocycles. The monoisotopic (exact) mass is 205 g/mol. The lowest BCUT2D eigenvalue weighted by Gasteiger charge is -2.21. The molecule has 0 N–H and O–H groups in total. The van der Waals surface area contributed by atoms with Crippen molar-refractivity contribution < 1.29 is 4.79 Å². The van der Waals surface area contributed by atoms with E-state index in [0.717, 1.165) is 0 Å². The van der Waals surface area contributed by atoms with Gasteiger partial charge >= 0.3 is 0 Å². The van der Waals surface area contributed by atoms with Gasteiger partial charge in [0.15, 0.2) is 0 Å². The van der Waals surface area contributed by atoms with Gasteiger partial charge in [-0.25, -0.2) is 0 Å². The van der Waals surface area contributed by atoms with Crippen LogP contribution in [0.5, 0.6) is 0 Å². The highest BCUT2D eigenvalue weighted by molar-refractivity contribution is 5.76. The van der Waals surface area contributed by atoms with Crippen molar-refractivity contribution in [3.8, 4) is 6.07 Å². The molecule has 0 fully saturated rings. The molecule has 0 atom stereocenters. The molecule has 1 amide bonds. The molecule has 0 bridgehead atoms. The van der Waals surface area contributed by atoms with Crippen LogP contribution in [-0.2, 0) is 11.3 Å². The average molecular weight is 205 g/mol. The molecular weight excluding hydrogens is 190 g/mol. The van der Waals surface area contributed by atoms with Gasteiger partial charge in [-0.3, -0.25) is 4.79 Å². The molecule has 80 valence electrons. The Morgan fingerprint density at radius 2 is 2.33 bits per heavy atom. The Labute approximate surface area is 89.7 Å². The van der Waals surface area contributed by atoms with Crippen LogP contribution < -0.4 is 0 Å². The third-order valence-electron chi connectivity index (χ3n) is 2.42. The second-order valence-electron chi connectivity index (χ2n) is 3.73. The molecular formula is C11H15N3O. The van der Waals surface area contributed by atoms with Crippen LogP contribution in [-0.4, -0.2) is 28.5 Å². The number of carbonyl (C=O) groups is 1. The number of carbonyl (C=O) groups excluding carboxylic acids is 1. The zero-order valence-corrected chi connectivity index (χ0v) is 9.27. The molecule has 1 rings (SSSR count). The van der Waals surface area contributed by atoms with Crippen LogP contribution in [0.3, 0.4) is 0 Å². The SMILES string of the molecule is CC(C)N(C)C(=O)Cn1cccc1C#N. The van der Waals surface area contributed by atoms with Crippen LogP contribution in [0.25, 0.3) is 0 Å². The van der Waals surface area contributed by atoms with Crippen molar-refractivity contribution in [2.45, 2.75) is 26.4 Å². The van der Waals surface area contributed by atoms with Gasteiger partial charge in [-0.1, -0.05) is 0 Å². The van der Waals surface area contributed by atoms with Gasteiger partial charge in [0.2, 0.25) is 5.91 Å². The summed E-state index contributed by atoms with van der Waals surface area (Å²) < 4.78 is 1.65. The summed E-state index contributed by atoms with van der Waals surface area (Å²) in [6.45, 7) is 4.14. The fraction of sp³-hybridized carbons (Fsp3) is 0.455. The predicted octanol–water partition coefficient (Wildman–Crippen LogP) is 1.23. The number of rotatable bonds is 3. The maximum Gasteiger partial charge on any atom is 0.242 e. The predicted molar refractivity (Wildman–Crippen MR) is 57.1 cm³/mol. The molecule has 0 aliphatic heterocycles. The number of hydrogen-bond acceptors (Lipinski definition) is 2. The van der Waals surface area contributed by atoms with E-state index in [-0.39, 0.29) is 18.5 Å². The third-order valence-corrected chi connectivity index (χ3v) is 2.42. The van der Waals surface area contributed by atoms with Crippen molar-refractivity contribution in [3.05, 3.63) is 24.0 Å². The first-order valence-electron chi connectivity index (χ1n) is 4.87. The maximum absolute atomic E-state index is 11.7. The molecule has 15 heavy (non-hydrogen) atoms. The third kappa shape index (κ3) is 2.59. The van der Waals surface area contributed by atoms with Gasteiger partial charge in [0, 0.05) is 19.3 Å². The number of amides is 1. The van der Waals surface area contributed by atoms with Crippen molar-refractivity contribution in [1.82, 2.24) is 9.47 Å². The van der Waals surface area contributed by atoms with Crippen molar-refractivity contribution >= 4 is 5.91 Å². The van der Waals surface area contributed by atoms with E-state index >= 15 is 0 Å². The first kappa shape index (κ1) is 11.3. The zero-order chi connectivity index (χ0) is 11.4. The van der Waals surface area contributed by atoms with E-state index in [1.165, 1.54) is 0 Å². The smallest absolute Gasteiger partial charge is 0.242 e. The number of likely N-dealkylation sites (N-methyl/N-ethyl adjacent to an activating group) is 1. The van der Waals surface area contributed by atoms with Crippen molar-refractivity contribution in [2.24, 2.45) is 0 Å². The molecule has 0 spiro atoms. The molecule has 0 saturated heterocycles. The second kappa shape index (κ2) is 4.65. The molecule has 0 aliphatic carbocycles. The Balaban J connectivity index is 2.71. The van der Waals surface area contributed by atoms with Gasteiger partial charge in [-0.05, 0) is 26.0 Å². The number of hydrogen-bond donors (Lipinski definition) is 0. The van der Waals surface area contributed by atoms with Gasteiger partial charge in [0.1, 0.15) is 18.3 Å². The summed E-state index contributed by atoms with van der Waals surface area (Å²) in [7, 11) is 1.77. The molecule has 0 unspecified atom stereocenters. The lowest BCUT2D eigenvalue weighted by molar-refractivity contribution is -0.132. The van der Waals surface area contributed by atoms with Gasteiger partial charge in [-0.2, -0.15) is 5.26 Å². The highest BCUT2D eigenvalue weighted by Crippen LogP contribution is 2.03. The first-order valence-corrected chi connectivity index (χ1v) is 4.87. The maximum atomic E-state index is 11.7. The van der Waals surface area contributed by atoms with Crippen LogP contribution in [0.2, 0.25) is 0 Å². The minimum absolute atomic E-state index is 0.0118. The Hall–Kier alpha value is -1.76. The molecule has 4 heteroatoms. The summed E-state index contributed by atoms with van der Waals surface area (Å²) in [4.78, 5) is 13.4. The van der Waals surface area contributed by atoms with Gasteiger partial charge in [0.25, 0.3) is 0 Å². The highest BCUT2D eigenvalue weighted by Gasteiger charge is 2.13. The normalized spacial score (nSPS) is 10.1. The average Bonchev–Trinajstić information content (AvgIpc) is 2.63. The lowest BCUT2D eigenvalue weighted by Crippen LogP contribution is -2.35. The van der Waals surface area contributed by atoms with Crippen LogP contribution in [0.1, 0.15) is 19.5 Å².